The fourth-order valence-corrected chi connectivity index (χ4v) is 8.32. The Morgan fingerprint density at radius 2 is 0.738 bits per heavy atom. The Morgan fingerprint density at radius 3 is 1.15 bits per heavy atom. The van der Waals surface area contributed by atoms with Gasteiger partial charge in [-0.2, -0.15) is 0 Å². The van der Waals surface area contributed by atoms with Crippen molar-refractivity contribution in [3.63, 3.8) is 0 Å². The molecule has 6 aromatic carbocycles. The van der Waals surface area contributed by atoms with E-state index in [1.807, 2.05) is 182 Å². The smallest absolute Gasteiger partial charge is 0.224 e. The summed E-state index contributed by atoms with van der Waals surface area (Å²) in [4.78, 5) is 0. The molecule has 9 atom stereocenters. The van der Waals surface area contributed by atoms with Crippen molar-refractivity contribution in [3.8, 4) is 0 Å². The summed E-state index contributed by atoms with van der Waals surface area (Å²) in [5.74, 6) is -1.64. The summed E-state index contributed by atoms with van der Waals surface area (Å²) in [5.41, 5.74) is 19.0. The number of hydrogen-bond donors (Lipinski definition) is 2. The molecule has 2 aliphatic heterocycles. The predicted molar refractivity (Wildman–Crippen MR) is 247 cm³/mol. The molecule has 0 radical (unpaired) electrons. The summed E-state index contributed by atoms with van der Waals surface area (Å²) in [5, 5.41) is 0. The van der Waals surface area contributed by atoms with Gasteiger partial charge >= 0.3 is 0 Å². The van der Waals surface area contributed by atoms with Crippen molar-refractivity contribution in [3.05, 3.63) is 215 Å². The van der Waals surface area contributed by atoms with E-state index in [2.05, 4.69) is 0 Å². The first-order chi connectivity index (χ1) is 32.1. The molecule has 2 aliphatic rings. The quantitative estimate of drug-likeness (QED) is 0.0651. The van der Waals surface area contributed by atoms with Gasteiger partial charge in [-0.25, -0.2) is 0 Å². The third-order valence-corrected chi connectivity index (χ3v) is 11.6. The molecular weight excluding hydrogens is 821 g/mol. The molecule has 11 heteroatoms. The second kappa shape index (κ2) is 23.9. The van der Waals surface area contributed by atoms with Crippen molar-refractivity contribution in [2.24, 2.45) is 11.5 Å². The third kappa shape index (κ3) is 12.6. The lowest BCUT2D eigenvalue weighted by Gasteiger charge is -2.48. The molecular formula is C54H60N2O9. The van der Waals surface area contributed by atoms with E-state index in [1.165, 1.54) is 0 Å². The second-order valence-electron chi connectivity index (χ2n) is 16.3. The molecule has 0 aromatic heterocycles. The molecule has 11 nitrogen and oxygen atoms in total. The molecule has 2 heterocycles. The summed E-state index contributed by atoms with van der Waals surface area (Å²) in [6.45, 7) is 1.68. The third-order valence-electron chi connectivity index (χ3n) is 11.6. The van der Waals surface area contributed by atoms with Crippen molar-refractivity contribution in [1.29, 1.82) is 0 Å². The Kier molecular flexibility index (Phi) is 17.1. The van der Waals surface area contributed by atoms with E-state index < -0.39 is 54.8 Å². The van der Waals surface area contributed by atoms with E-state index >= 15 is 0 Å². The second-order valence-corrected chi connectivity index (χ2v) is 16.3. The highest BCUT2D eigenvalue weighted by molar-refractivity contribution is 5.18. The molecule has 340 valence electrons. The van der Waals surface area contributed by atoms with E-state index in [0.717, 1.165) is 33.4 Å². The molecule has 0 bridgehead atoms. The van der Waals surface area contributed by atoms with Gasteiger partial charge < -0.3 is 54.1 Å². The maximum atomic E-state index is 7.37. The van der Waals surface area contributed by atoms with Crippen LogP contribution in [0.2, 0.25) is 0 Å². The lowest BCUT2D eigenvalue weighted by atomic mass is 9.97. The minimum Gasteiger partial charge on any atom is -0.371 e. The van der Waals surface area contributed by atoms with Crippen LogP contribution in [0.25, 0.3) is 0 Å². The summed E-state index contributed by atoms with van der Waals surface area (Å²) in [6, 6.07) is 59.8. The number of benzene rings is 6. The van der Waals surface area contributed by atoms with E-state index in [4.69, 9.17) is 54.1 Å². The van der Waals surface area contributed by atoms with Crippen LogP contribution < -0.4 is 11.5 Å². The van der Waals surface area contributed by atoms with Gasteiger partial charge in [-0.1, -0.05) is 182 Å². The highest BCUT2D eigenvalue weighted by Crippen LogP contribution is 2.42. The van der Waals surface area contributed by atoms with Crippen molar-refractivity contribution < 1.29 is 42.6 Å². The van der Waals surface area contributed by atoms with Crippen LogP contribution in [0.3, 0.4) is 0 Å². The van der Waals surface area contributed by atoms with Gasteiger partial charge in [0.05, 0.1) is 39.6 Å². The Morgan fingerprint density at radius 1 is 0.385 bits per heavy atom. The molecule has 2 fully saturated rings. The van der Waals surface area contributed by atoms with Gasteiger partial charge in [0, 0.05) is 13.1 Å². The van der Waals surface area contributed by atoms with E-state index in [1.54, 1.807) is 0 Å². The minimum atomic E-state index is -1.64. The SMILES string of the molecule is NC[C@H]1O[C@@](COCc2ccccc2)(O[C@H]2O[C@H](CN)[C@@H](OCc3ccccc3)[C@H](OCc3ccccc3)[C@H]2OCc2ccccc2)[C@@H](OCc2ccccc2)[C@@H]1OCc1ccccc1. The van der Waals surface area contributed by atoms with Crippen LogP contribution in [0.1, 0.15) is 33.4 Å². The topological polar surface area (TPSA) is 135 Å². The average Bonchev–Trinajstić information content (AvgIpc) is 3.66. The highest BCUT2D eigenvalue weighted by atomic mass is 16.8. The van der Waals surface area contributed by atoms with Crippen LogP contribution in [0.4, 0.5) is 0 Å². The van der Waals surface area contributed by atoms with Crippen LogP contribution in [0.15, 0.2) is 182 Å². The van der Waals surface area contributed by atoms with Gasteiger partial charge in [0.15, 0.2) is 6.29 Å². The molecule has 0 unspecified atom stereocenters. The molecule has 65 heavy (non-hydrogen) atoms. The first-order valence-corrected chi connectivity index (χ1v) is 22.4. The van der Waals surface area contributed by atoms with E-state index in [0.29, 0.717) is 6.61 Å². The molecule has 6 aromatic rings. The minimum absolute atomic E-state index is 0.0783. The fourth-order valence-electron chi connectivity index (χ4n) is 8.32. The molecule has 4 N–H and O–H groups in total. The van der Waals surface area contributed by atoms with Gasteiger partial charge in [-0.15, -0.1) is 0 Å². The monoisotopic (exact) mass is 880 g/mol. The summed E-state index contributed by atoms with van der Waals surface area (Å²) in [6.07, 6.45) is -6.34. The van der Waals surface area contributed by atoms with Gasteiger partial charge in [0.2, 0.25) is 5.79 Å². The first kappa shape index (κ1) is 46.4. The van der Waals surface area contributed by atoms with Crippen LogP contribution >= 0.6 is 0 Å². The zero-order valence-corrected chi connectivity index (χ0v) is 36.6. The number of hydrogen-bond acceptors (Lipinski definition) is 11. The van der Waals surface area contributed by atoms with E-state index in [-0.39, 0.29) is 52.7 Å². The lowest BCUT2D eigenvalue weighted by Crippen LogP contribution is -2.65. The van der Waals surface area contributed by atoms with Crippen molar-refractivity contribution in [1.82, 2.24) is 0 Å². The van der Waals surface area contributed by atoms with Crippen molar-refractivity contribution in [2.45, 2.75) is 94.4 Å². The normalized spacial score (nSPS) is 25.4. The average molecular weight is 881 g/mol. The van der Waals surface area contributed by atoms with Crippen LogP contribution in [0.5, 0.6) is 0 Å². The summed E-state index contributed by atoms with van der Waals surface area (Å²) in [7, 11) is 0. The Hall–Kier alpha value is -5.12. The first-order valence-electron chi connectivity index (χ1n) is 22.4. The zero-order valence-electron chi connectivity index (χ0n) is 36.6. The molecule has 8 rings (SSSR count). The molecule has 2 saturated heterocycles. The number of rotatable bonds is 23. The van der Waals surface area contributed by atoms with Crippen molar-refractivity contribution >= 4 is 0 Å². The van der Waals surface area contributed by atoms with Gasteiger partial charge in [-0.05, 0) is 33.4 Å². The maximum absolute atomic E-state index is 7.37. The van der Waals surface area contributed by atoms with Gasteiger partial charge in [-0.3, -0.25) is 0 Å². The van der Waals surface area contributed by atoms with Crippen molar-refractivity contribution in [2.75, 3.05) is 19.7 Å². The largest absolute Gasteiger partial charge is 0.371 e. The van der Waals surface area contributed by atoms with Gasteiger partial charge in [0.1, 0.15) is 49.3 Å². The summed E-state index contributed by atoms with van der Waals surface area (Å²) < 4.78 is 62.4. The highest BCUT2D eigenvalue weighted by Gasteiger charge is 2.61. The molecule has 0 amide bonds. The molecule has 0 spiro atoms. The predicted octanol–water partition coefficient (Wildman–Crippen LogP) is 7.88. The standard InChI is InChI=1S/C54H60N2O9/c55-31-46-48(58-34-41-21-9-2-10-22-41)50(60-36-43-25-13-4-14-26-43)51(61-37-44-27-15-5-16-28-44)53(63-46)65-54(39-57-33-40-19-7-1-8-20-40)52(62-38-45-29-17-6-18-30-45)49(47(32-56)64-54)59-35-42-23-11-3-12-24-42/h1-30,46-53H,31-39,55-56H2/t46-,47-,48-,49-,50+,51-,52+,53-,54+/m1/s1. The van der Waals surface area contributed by atoms with Gasteiger partial charge in [0.25, 0.3) is 0 Å². The zero-order chi connectivity index (χ0) is 44.5. The Balaban J connectivity index is 1.18. The lowest BCUT2D eigenvalue weighted by molar-refractivity contribution is -0.395. The Labute approximate surface area is 382 Å². The maximum Gasteiger partial charge on any atom is 0.224 e. The molecule has 0 aliphatic carbocycles. The Bertz CT molecular complexity index is 2230. The van der Waals surface area contributed by atoms with E-state index in [9.17, 15) is 0 Å². The molecule has 0 saturated carbocycles. The van der Waals surface area contributed by atoms with Crippen LogP contribution in [0, 0.1) is 0 Å². The number of ether oxygens (including phenoxy) is 9. The van der Waals surface area contributed by atoms with Crippen LogP contribution in [-0.2, 0) is 82.3 Å². The fraction of sp³-hybridized carbons (Fsp3) is 0.333. The summed E-state index contributed by atoms with van der Waals surface area (Å²) >= 11 is 0. The number of nitrogens with two attached hydrogens (primary N) is 2. The van der Waals surface area contributed by atoms with Crippen LogP contribution in [-0.4, -0.2) is 74.5 Å².